The second kappa shape index (κ2) is 6.27. The monoisotopic (exact) mass is 230 g/mol. The number of nitrogen functional groups attached to an aromatic ring is 1. The Morgan fingerprint density at radius 2 is 2.19 bits per heavy atom. The van der Waals surface area contributed by atoms with E-state index in [9.17, 15) is 8.78 Å². The molecule has 0 aliphatic carbocycles. The molecule has 0 atom stereocenters. The van der Waals surface area contributed by atoms with Crippen molar-refractivity contribution in [3.05, 3.63) is 23.8 Å². The third kappa shape index (κ3) is 3.66. The van der Waals surface area contributed by atoms with Crippen LogP contribution in [0.4, 0.5) is 20.2 Å². The van der Waals surface area contributed by atoms with Gasteiger partial charge in [0.15, 0.2) is 0 Å². The van der Waals surface area contributed by atoms with Crippen molar-refractivity contribution in [1.29, 1.82) is 0 Å². The summed E-state index contributed by atoms with van der Waals surface area (Å²) in [6, 6.07) is 4.44. The quantitative estimate of drug-likeness (QED) is 0.583. The molecule has 0 amide bonds. The molecule has 0 spiro atoms. The lowest BCUT2D eigenvalue weighted by molar-refractivity contribution is 0.151. The van der Waals surface area contributed by atoms with E-state index in [2.05, 4.69) is 5.32 Å². The number of rotatable bonds is 6. The van der Waals surface area contributed by atoms with Gasteiger partial charge in [0.2, 0.25) is 0 Å². The molecule has 0 aliphatic heterocycles. The van der Waals surface area contributed by atoms with Crippen molar-refractivity contribution in [2.75, 3.05) is 30.8 Å². The van der Waals surface area contributed by atoms with Crippen LogP contribution in [0.5, 0.6) is 0 Å². The van der Waals surface area contributed by atoms with E-state index in [0.29, 0.717) is 31.1 Å². The molecular formula is C11H16F2N2O. The fraction of sp³-hybridized carbons (Fsp3) is 0.455. The minimum Gasteiger partial charge on any atom is -0.399 e. The van der Waals surface area contributed by atoms with Gasteiger partial charge in [-0.3, -0.25) is 0 Å². The molecule has 3 N–H and O–H groups in total. The second-order valence-corrected chi connectivity index (χ2v) is 3.27. The van der Waals surface area contributed by atoms with Crippen LogP contribution < -0.4 is 11.1 Å². The molecule has 0 aromatic heterocycles. The molecule has 0 bridgehead atoms. The summed E-state index contributed by atoms with van der Waals surface area (Å²) >= 11 is 0. The van der Waals surface area contributed by atoms with Crippen LogP contribution in [0.1, 0.15) is 18.9 Å². The summed E-state index contributed by atoms with van der Waals surface area (Å²) in [5, 5.41) is 2.90. The molecule has 90 valence electrons. The highest BCUT2D eigenvalue weighted by molar-refractivity contribution is 5.58. The summed E-state index contributed by atoms with van der Waals surface area (Å²) in [4.78, 5) is 0. The zero-order chi connectivity index (χ0) is 12.0. The molecule has 1 aromatic rings. The highest BCUT2D eigenvalue weighted by Gasteiger charge is 2.12. The molecule has 16 heavy (non-hydrogen) atoms. The van der Waals surface area contributed by atoms with Gasteiger partial charge in [-0.1, -0.05) is 0 Å². The van der Waals surface area contributed by atoms with Crippen LogP contribution in [0.15, 0.2) is 18.2 Å². The van der Waals surface area contributed by atoms with Crippen LogP contribution in [0, 0.1) is 0 Å². The van der Waals surface area contributed by atoms with E-state index < -0.39 is 6.43 Å². The lowest BCUT2D eigenvalue weighted by Gasteiger charge is -2.12. The lowest BCUT2D eigenvalue weighted by atomic mass is 10.1. The van der Waals surface area contributed by atoms with Crippen LogP contribution >= 0.6 is 0 Å². The molecule has 0 radical (unpaired) electrons. The molecule has 0 unspecified atom stereocenters. The van der Waals surface area contributed by atoms with E-state index in [0.717, 1.165) is 0 Å². The predicted octanol–water partition coefficient (Wildman–Crippen LogP) is 2.65. The minimum absolute atomic E-state index is 0.0727. The highest BCUT2D eigenvalue weighted by atomic mass is 19.3. The maximum Gasteiger partial charge on any atom is 0.265 e. The average molecular weight is 230 g/mol. The Kier molecular flexibility index (Phi) is 4.98. The molecule has 0 saturated carbocycles. The normalized spacial score (nSPS) is 10.8. The third-order valence-corrected chi connectivity index (χ3v) is 2.08. The van der Waals surface area contributed by atoms with Crippen LogP contribution in [-0.4, -0.2) is 19.8 Å². The number of nitrogens with one attached hydrogen (secondary N) is 1. The van der Waals surface area contributed by atoms with Crippen molar-refractivity contribution in [3.63, 3.8) is 0 Å². The Bertz CT molecular complexity index is 332. The Balaban J connectivity index is 2.64. The standard InChI is InChI=1S/C11H16F2N2O/c1-2-16-6-5-15-10-4-3-8(14)7-9(10)11(12)13/h3-4,7,11,15H,2,5-6,14H2,1H3. The van der Waals surface area contributed by atoms with Gasteiger partial charge in [-0.05, 0) is 25.1 Å². The van der Waals surface area contributed by atoms with Crippen LogP contribution in [-0.2, 0) is 4.74 Å². The van der Waals surface area contributed by atoms with E-state index >= 15 is 0 Å². The number of anilines is 2. The Morgan fingerprint density at radius 3 is 2.81 bits per heavy atom. The summed E-state index contributed by atoms with van der Waals surface area (Å²) in [5.41, 5.74) is 6.13. The fourth-order valence-corrected chi connectivity index (χ4v) is 1.32. The van der Waals surface area contributed by atoms with Crippen molar-refractivity contribution in [2.45, 2.75) is 13.3 Å². The summed E-state index contributed by atoms with van der Waals surface area (Å²) in [6.07, 6.45) is -2.53. The van der Waals surface area contributed by atoms with E-state index in [4.69, 9.17) is 10.5 Å². The fourth-order valence-electron chi connectivity index (χ4n) is 1.32. The van der Waals surface area contributed by atoms with Gasteiger partial charge >= 0.3 is 0 Å². The number of ether oxygens (including phenoxy) is 1. The Hall–Kier alpha value is -1.36. The molecule has 0 heterocycles. The molecule has 0 fully saturated rings. The number of halogens is 2. The largest absolute Gasteiger partial charge is 0.399 e. The van der Waals surface area contributed by atoms with Gasteiger partial charge in [0.25, 0.3) is 6.43 Å². The van der Waals surface area contributed by atoms with E-state index in [1.54, 1.807) is 12.1 Å². The van der Waals surface area contributed by atoms with Crippen molar-refractivity contribution in [2.24, 2.45) is 0 Å². The molecule has 0 saturated heterocycles. The number of alkyl halides is 2. The van der Waals surface area contributed by atoms with Crippen molar-refractivity contribution < 1.29 is 13.5 Å². The summed E-state index contributed by atoms with van der Waals surface area (Å²) < 4.78 is 30.4. The smallest absolute Gasteiger partial charge is 0.265 e. The number of hydrogen-bond donors (Lipinski definition) is 2. The van der Waals surface area contributed by atoms with Gasteiger partial charge < -0.3 is 15.8 Å². The molecular weight excluding hydrogens is 214 g/mol. The molecule has 5 heteroatoms. The first-order chi connectivity index (χ1) is 7.65. The average Bonchev–Trinajstić information content (AvgIpc) is 2.26. The number of nitrogens with two attached hydrogens (primary N) is 1. The van der Waals surface area contributed by atoms with Gasteiger partial charge in [0.05, 0.1) is 6.61 Å². The van der Waals surface area contributed by atoms with Crippen molar-refractivity contribution in [1.82, 2.24) is 0 Å². The van der Waals surface area contributed by atoms with E-state index in [-0.39, 0.29) is 5.56 Å². The summed E-state index contributed by atoms with van der Waals surface area (Å²) in [6.45, 7) is 3.49. The molecule has 1 rings (SSSR count). The van der Waals surface area contributed by atoms with Gasteiger partial charge in [-0.2, -0.15) is 0 Å². The van der Waals surface area contributed by atoms with E-state index in [1.165, 1.54) is 6.07 Å². The summed E-state index contributed by atoms with van der Waals surface area (Å²) in [7, 11) is 0. The maximum atomic E-state index is 12.7. The zero-order valence-corrected chi connectivity index (χ0v) is 9.17. The topological polar surface area (TPSA) is 47.3 Å². The molecule has 1 aromatic carbocycles. The van der Waals surface area contributed by atoms with Gasteiger partial charge in [-0.25, -0.2) is 8.78 Å². The maximum absolute atomic E-state index is 12.7. The third-order valence-electron chi connectivity index (χ3n) is 2.08. The number of hydrogen-bond acceptors (Lipinski definition) is 3. The predicted molar refractivity (Wildman–Crippen MR) is 60.8 cm³/mol. The van der Waals surface area contributed by atoms with Crippen LogP contribution in [0.25, 0.3) is 0 Å². The minimum atomic E-state index is -2.53. The van der Waals surface area contributed by atoms with Crippen molar-refractivity contribution in [3.8, 4) is 0 Å². The second-order valence-electron chi connectivity index (χ2n) is 3.27. The van der Waals surface area contributed by atoms with Crippen molar-refractivity contribution >= 4 is 11.4 Å². The zero-order valence-electron chi connectivity index (χ0n) is 9.17. The van der Waals surface area contributed by atoms with Crippen LogP contribution in [0.3, 0.4) is 0 Å². The van der Waals surface area contributed by atoms with Gasteiger partial charge in [0, 0.05) is 30.1 Å². The Morgan fingerprint density at radius 1 is 1.44 bits per heavy atom. The number of benzene rings is 1. The highest BCUT2D eigenvalue weighted by Crippen LogP contribution is 2.28. The first kappa shape index (κ1) is 12.7. The first-order valence-corrected chi connectivity index (χ1v) is 5.14. The van der Waals surface area contributed by atoms with Gasteiger partial charge in [0.1, 0.15) is 0 Å². The van der Waals surface area contributed by atoms with Gasteiger partial charge in [-0.15, -0.1) is 0 Å². The first-order valence-electron chi connectivity index (χ1n) is 5.14. The SMILES string of the molecule is CCOCCNc1ccc(N)cc1C(F)F. The molecule has 3 nitrogen and oxygen atoms in total. The molecule has 0 aliphatic rings. The lowest BCUT2D eigenvalue weighted by Crippen LogP contribution is -2.11. The Labute approximate surface area is 93.6 Å². The summed E-state index contributed by atoms with van der Waals surface area (Å²) in [5.74, 6) is 0. The van der Waals surface area contributed by atoms with Crippen LogP contribution in [0.2, 0.25) is 0 Å². The van der Waals surface area contributed by atoms with E-state index in [1.807, 2.05) is 6.92 Å².